The molecule has 0 aliphatic carbocycles. The number of halogens is 1. The second kappa shape index (κ2) is 7.33. The monoisotopic (exact) mass is 363 g/mol. The fraction of sp³-hybridized carbons (Fsp3) is 0.444. The van der Waals surface area contributed by atoms with E-state index in [1.165, 1.54) is 7.11 Å². The highest BCUT2D eigenvalue weighted by atomic mass is 19.1. The summed E-state index contributed by atoms with van der Waals surface area (Å²) in [6.07, 6.45) is 2.79. The predicted octanol–water partition coefficient (Wildman–Crippen LogP) is 1.42. The molecular weight excluding hydrogens is 341 g/mol. The predicted molar refractivity (Wildman–Crippen MR) is 94.5 cm³/mol. The number of methoxy groups -OCH3 is 1. The van der Waals surface area contributed by atoms with Crippen molar-refractivity contribution in [2.45, 2.75) is 25.6 Å². The fourth-order valence-corrected chi connectivity index (χ4v) is 3.39. The first-order valence-electron chi connectivity index (χ1n) is 8.49. The van der Waals surface area contributed by atoms with Crippen molar-refractivity contribution in [2.75, 3.05) is 25.3 Å². The molecule has 0 bridgehead atoms. The molecule has 0 spiro atoms. The summed E-state index contributed by atoms with van der Waals surface area (Å²) in [4.78, 5) is 29.0. The second-order valence-electron chi connectivity index (χ2n) is 6.32. The van der Waals surface area contributed by atoms with Crippen molar-refractivity contribution in [1.82, 2.24) is 5.32 Å². The Hall–Kier alpha value is -2.61. The number of benzene rings is 1. The van der Waals surface area contributed by atoms with Gasteiger partial charge in [-0.05, 0) is 12.5 Å². The van der Waals surface area contributed by atoms with E-state index in [0.717, 1.165) is 5.56 Å². The summed E-state index contributed by atoms with van der Waals surface area (Å²) in [7, 11) is 1.46. The van der Waals surface area contributed by atoms with Gasteiger partial charge in [-0.3, -0.25) is 14.4 Å². The lowest BCUT2D eigenvalue weighted by molar-refractivity contribution is -0.124. The van der Waals surface area contributed by atoms with Crippen LogP contribution in [0.15, 0.2) is 18.2 Å². The standard InChI is InChI=1S/C18H22FN3O4/c1-3-11-13(21-18(24)16(11)19)9-26-22-6-4-5-10-7-12(17(20)23)15(25-2)8-14(10)22/h4-5,7-8,11,13,16H,3,6,9H2,1-2H3,(H2,20,23)(H,21,24)/t11-,13+,16-/m0/s1. The van der Waals surface area contributed by atoms with E-state index in [2.05, 4.69) is 5.32 Å². The number of ether oxygens (including phenoxy) is 1. The van der Waals surface area contributed by atoms with E-state index in [9.17, 15) is 14.0 Å². The Morgan fingerprint density at radius 3 is 2.88 bits per heavy atom. The number of hydrogen-bond acceptors (Lipinski definition) is 5. The van der Waals surface area contributed by atoms with Gasteiger partial charge < -0.3 is 15.8 Å². The average Bonchev–Trinajstić information content (AvgIpc) is 2.91. The molecule has 3 N–H and O–H groups in total. The van der Waals surface area contributed by atoms with E-state index >= 15 is 0 Å². The summed E-state index contributed by atoms with van der Waals surface area (Å²) in [5, 5.41) is 4.28. The van der Waals surface area contributed by atoms with Gasteiger partial charge in [0.05, 0.1) is 37.6 Å². The van der Waals surface area contributed by atoms with Gasteiger partial charge in [0.15, 0.2) is 6.17 Å². The highest BCUT2D eigenvalue weighted by Gasteiger charge is 2.41. The molecule has 140 valence electrons. The zero-order valence-corrected chi connectivity index (χ0v) is 14.7. The van der Waals surface area contributed by atoms with Gasteiger partial charge in [0.2, 0.25) is 0 Å². The molecule has 2 aliphatic rings. The van der Waals surface area contributed by atoms with Gasteiger partial charge >= 0.3 is 0 Å². The van der Waals surface area contributed by atoms with Crippen LogP contribution >= 0.6 is 0 Å². The smallest absolute Gasteiger partial charge is 0.255 e. The molecule has 3 rings (SSSR count). The highest BCUT2D eigenvalue weighted by molar-refractivity contribution is 5.97. The molecule has 8 heteroatoms. The molecule has 1 saturated heterocycles. The number of primary amides is 1. The Bertz CT molecular complexity index is 752. The minimum absolute atomic E-state index is 0.151. The molecule has 2 heterocycles. The minimum atomic E-state index is -1.50. The van der Waals surface area contributed by atoms with Gasteiger partial charge in [-0.15, -0.1) is 0 Å². The maximum Gasteiger partial charge on any atom is 0.255 e. The van der Waals surface area contributed by atoms with E-state index in [0.29, 0.717) is 24.4 Å². The normalized spacial score (nSPS) is 24.3. The van der Waals surface area contributed by atoms with Crippen LogP contribution in [0.2, 0.25) is 0 Å². The molecule has 1 aromatic rings. The van der Waals surface area contributed by atoms with Gasteiger partial charge in [0.1, 0.15) is 5.75 Å². The van der Waals surface area contributed by atoms with Crippen molar-refractivity contribution in [2.24, 2.45) is 11.7 Å². The van der Waals surface area contributed by atoms with Crippen LogP contribution in [0.1, 0.15) is 29.3 Å². The molecule has 2 aliphatic heterocycles. The molecule has 26 heavy (non-hydrogen) atoms. The van der Waals surface area contributed by atoms with Crippen LogP contribution in [0.5, 0.6) is 5.75 Å². The number of amides is 2. The van der Waals surface area contributed by atoms with Crippen molar-refractivity contribution in [3.05, 3.63) is 29.3 Å². The number of rotatable bonds is 6. The molecular formula is C18H22FN3O4. The van der Waals surface area contributed by atoms with E-state index in [1.807, 2.05) is 19.1 Å². The van der Waals surface area contributed by atoms with Crippen LogP contribution in [0, 0.1) is 5.92 Å². The van der Waals surface area contributed by atoms with Gasteiger partial charge in [0, 0.05) is 17.5 Å². The van der Waals surface area contributed by atoms with E-state index in [1.54, 1.807) is 17.2 Å². The largest absolute Gasteiger partial charge is 0.496 e. The summed E-state index contributed by atoms with van der Waals surface area (Å²) >= 11 is 0. The summed E-state index contributed by atoms with van der Waals surface area (Å²) in [6.45, 7) is 2.47. The average molecular weight is 363 g/mol. The summed E-state index contributed by atoms with van der Waals surface area (Å²) in [5.74, 6) is -1.22. The van der Waals surface area contributed by atoms with Gasteiger partial charge in [-0.2, -0.15) is 0 Å². The zero-order chi connectivity index (χ0) is 18.8. The maximum absolute atomic E-state index is 13.9. The quantitative estimate of drug-likeness (QED) is 0.797. The number of anilines is 1. The van der Waals surface area contributed by atoms with E-state index in [4.69, 9.17) is 15.3 Å². The molecule has 2 amide bonds. The third-order valence-corrected chi connectivity index (χ3v) is 4.80. The van der Waals surface area contributed by atoms with Crippen LogP contribution in [-0.2, 0) is 9.63 Å². The van der Waals surface area contributed by atoms with Gasteiger partial charge in [-0.1, -0.05) is 19.1 Å². The van der Waals surface area contributed by atoms with Crippen molar-refractivity contribution < 1.29 is 23.6 Å². The third-order valence-electron chi connectivity index (χ3n) is 4.80. The number of nitrogens with one attached hydrogen (secondary N) is 1. The molecule has 1 aromatic carbocycles. The van der Waals surface area contributed by atoms with Crippen LogP contribution in [0.3, 0.4) is 0 Å². The van der Waals surface area contributed by atoms with Crippen LogP contribution in [-0.4, -0.2) is 44.3 Å². The van der Waals surface area contributed by atoms with Crippen molar-refractivity contribution in [3.8, 4) is 5.75 Å². The second-order valence-corrected chi connectivity index (χ2v) is 6.32. The molecule has 0 saturated carbocycles. The SMILES string of the molecule is CC[C@@H]1[C@H](F)C(=O)N[C@@H]1CON1CC=Cc2cc(C(N)=O)c(OC)cc21. The zero-order valence-electron chi connectivity index (χ0n) is 14.7. The summed E-state index contributed by atoms with van der Waals surface area (Å²) in [6, 6.07) is 2.94. The number of hydroxylamine groups is 1. The van der Waals surface area contributed by atoms with Crippen molar-refractivity contribution in [1.29, 1.82) is 0 Å². The molecule has 1 fully saturated rings. The summed E-state index contributed by atoms with van der Waals surface area (Å²) in [5.41, 5.74) is 7.15. The first-order chi connectivity index (χ1) is 12.5. The Balaban J connectivity index is 1.78. The highest BCUT2D eigenvalue weighted by Crippen LogP contribution is 2.34. The number of hydrogen-bond donors (Lipinski definition) is 2. The Labute approximate surface area is 150 Å². The number of carbonyl (C=O) groups is 2. The lowest BCUT2D eigenvalue weighted by Gasteiger charge is -2.30. The molecule has 3 atom stereocenters. The first-order valence-corrected chi connectivity index (χ1v) is 8.49. The minimum Gasteiger partial charge on any atom is -0.496 e. The van der Waals surface area contributed by atoms with Gasteiger partial charge in [-0.25, -0.2) is 9.45 Å². The van der Waals surface area contributed by atoms with Crippen molar-refractivity contribution >= 4 is 23.6 Å². The Morgan fingerprint density at radius 1 is 1.46 bits per heavy atom. The topological polar surface area (TPSA) is 93.9 Å². The maximum atomic E-state index is 13.9. The van der Waals surface area contributed by atoms with E-state index < -0.39 is 23.9 Å². The fourth-order valence-electron chi connectivity index (χ4n) is 3.39. The van der Waals surface area contributed by atoms with Crippen LogP contribution in [0.4, 0.5) is 10.1 Å². The molecule has 7 nitrogen and oxygen atoms in total. The van der Waals surface area contributed by atoms with Crippen LogP contribution < -0.4 is 20.9 Å². The third kappa shape index (κ3) is 3.24. The molecule has 0 aromatic heterocycles. The molecule has 0 radical (unpaired) electrons. The first kappa shape index (κ1) is 18.2. The number of nitrogens with zero attached hydrogens (tertiary/aromatic N) is 1. The Morgan fingerprint density at radius 2 is 2.23 bits per heavy atom. The van der Waals surface area contributed by atoms with E-state index in [-0.39, 0.29) is 18.2 Å². The lowest BCUT2D eigenvalue weighted by Crippen LogP contribution is -2.38. The van der Waals surface area contributed by atoms with Gasteiger partial charge in [0.25, 0.3) is 11.8 Å². The molecule has 0 unspecified atom stereocenters. The lowest BCUT2D eigenvalue weighted by atomic mass is 9.97. The Kier molecular flexibility index (Phi) is 5.13. The number of carbonyl (C=O) groups excluding carboxylic acids is 2. The number of nitrogens with two attached hydrogens (primary N) is 1. The number of alkyl halides is 1. The number of fused-ring (bicyclic) bond motifs is 1. The summed E-state index contributed by atoms with van der Waals surface area (Å²) < 4.78 is 19.2. The van der Waals surface area contributed by atoms with Crippen molar-refractivity contribution in [3.63, 3.8) is 0 Å². The van der Waals surface area contributed by atoms with Crippen LogP contribution in [0.25, 0.3) is 6.08 Å².